The Kier molecular flexibility index (Phi) is 6.49. The van der Waals surface area contributed by atoms with Crippen molar-refractivity contribution >= 4 is 11.9 Å². The average molecular weight is 283 g/mol. The Morgan fingerprint density at radius 1 is 1.40 bits per heavy atom. The number of hydrogen-bond donors (Lipinski definition) is 2. The lowest BCUT2D eigenvalue weighted by Crippen LogP contribution is -2.42. The van der Waals surface area contributed by atoms with Gasteiger partial charge in [-0.3, -0.25) is 4.79 Å². The molecular weight excluding hydrogens is 265 g/mol. The minimum Gasteiger partial charge on any atom is -0.481 e. The first-order valence-electron chi connectivity index (χ1n) is 6.44. The van der Waals surface area contributed by atoms with E-state index >= 15 is 0 Å². The summed E-state index contributed by atoms with van der Waals surface area (Å²) in [4.78, 5) is 22.5. The van der Waals surface area contributed by atoms with Crippen molar-refractivity contribution in [1.29, 1.82) is 0 Å². The second-order valence-corrected chi connectivity index (χ2v) is 4.32. The lowest BCUT2D eigenvalue weighted by molar-refractivity contribution is -0.142. The highest BCUT2D eigenvalue weighted by Gasteiger charge is 2.19. The van der Waals surface area contributed by atoms with Crippen LogP contribution in [0.2, 0.25) is 0 Å². The zero-order chi connectivity index (χ0) is 15.0. The predicted octanol–water partition coefficient (Wildman–Crippen LogP) is 1.96. The normalized spacial score (nSPS) is 11.7. The predicted molar refractivity (Wildman–Crippen MR) is 71.0 cm³/mol. The van der Waals surface area contributed by atoms with E-state index in [2.05, 4.69) is 5.32 Å². The Labute approximate surface area is 116 Å². The van der Waals surface area contributed by atoms with Gasteiger partial charge in [-0.25, -0.2) is 9.18 Å². The molecule has 5 nitrogen and oxygen atoms in total. The molecule has 0 saturated heterocycles. The van der Waals surface area contributed by atoms with Gasteiger partial charge in [-0.2, -0.15) is 0 Å². The van der Waals surface area contributed by atoms with E-state index in [1.54, 1.807) is 6.07 Å². The Morgan fingerprint density at radius 3 is 2.70 bits per heavy atom. The van der Waals surface area contributed by atoms with E-state index in [1.807, 2.05) is 6.92 Å². The van der Waals surface area contributed by atoms with Gasteiger partial charge in [0.25, 0.3) is 5.91 Å². The first kappa shape index (κ1) is 15.9. The van der Waals surface area contributed by atoms with E-state index in [-0.39, 0.29) is 5.75 Å². The first-order chi connectivity index (χ1) is 9.54. The molecule has 0 saturated carbocycles. The molecule has 2 N–H and O–H groups in total. The van der Waals surface area contributed by atoms with Crippen LogP contribution in [0.25, 0.3) is 0 Å². The van der Waals surface area contributed by atoms with Crippen LogP contribution in [0.15, 0.2) is 24.3 Å². The molecule has 1 rings (SSSR count). The molecule has 1 aromatic rings. The molecule has 0 aromatic heterocycles. The quantitative estimate of drug-likeness (QED) is 0.764. The maximum atomic E-state index is 13.2. The number of benzene rings is 1. The molecule has 0 aliphatic heterocycles. The summed E-state index contributed by atoms with van der Waals surface area (Å²) in [6, 6.07) is 4.76. The molecule has 0 fully saturated rings. The van der Waals surface area contributed by atoms with Crippen molar-refractivity contribution in [3.63, 3.8) is 0 Å². The summed E-state index contributed by atoms with van der Waals surface area (Å²) in [6.07, 6.45) is 1.90. The fourth-order valence-electron chi connectivity index (χ4n) is 1.61. The number of halogens is 1. The summed E-state index contributed by atoms with van der Waals surface area (Å²) in [5, 5.41) is 11.3. The summed E-state index contributed by atoms with van der Waals surface area (Å²) in [6.45, 7) is 1.51. The molecule has 1 amide bonds. The third-order valence-corrected chi connectivity index (χ3v) is 2.68. The minimum absolute atomic E-state index is 0.0388. The standard InChI is InChI=1S/C14H18FNO4/c1-2-3-7-11(14(18)19)16-13(17)9-20-12-8-5-4-6-10(12)15/h4-6,8,11H,2-3,7,9H2,1H3,(H,16,17)(H,18,19)/t11-/m0/s1. The maximum Gasteiger partial charge on any atom is 0.326 e. The van der Waals surface area contributed by atoms with Gasteiger partial charge in [-0.05, 0) is 18.6 Å². The largest absolute Gasteiger partial charge is 0.481 e. The highest BCUT2D eigenvalue weighted by molar-refractivity contribution is 5.84. The Morgan fingerprint density at radius 2 is 2.10 bits per heavy atom. The summed E-state index contributed by atoms with van der Waals surface area (Å²) in [5.74, 6) is -2.28. The van der Waals surface area contributed by atoms with Crippen molar-refractivity contribution < 1.29 is 23.8 Å². The molecule has 110 valence electrons. The molecule has 0 heterocycles. The fraction of sp³-hybridized carbons (Fsp3) is 0.429. The van der Waals surface area contributed by atoms with E-state index in [0.29, 0.717) is 12.8 Å². The zero-order valence-electron chi connectivity index (χ0n) is 11.3. The van der Waals surface area contributed by atoms with Gasteiger partial charge >= 0.3 is 5.97 Å². The minimum atomic E-state index is -1.09. The van der Waals surface area contributed by atoms with Gasteiger partial charge in [0.1, 0.15) is 6.04 Å². The SMILES string of the molecule is CCCC[C@H](NC(=O)COc1ccccc1F)C(=O)O. The summed E-state index contributed by atoms with van der Waals surface area (Å²) in [5.41, 5.74) is 0. The van der Waals surface area contributed by atoms with Crippen LogP contribution in [-0.4, -0.2) is 29.6 Å². The van der Waals surface area contributed by atoms with Gasteiger partial charge in [-0.1, -0.05) is 31.9 Å². The molecule has 20 heavy (non-hydrogen) atoms. The number of amides is 1. The number of carboxylic acid groups (broad SMARTS) is 1. The molecule has 0 bridgehead atoms. The van der Waals surface area contributed by atoms with Crippen LogP contribution >= 0.6 is 0 Å². The molecule has 1 aromatic carbocycles. The number of aliphatic carboxylic acids is 1. The van der Waals surface area contributed by atoms with Crippen LogP contribution in [0.3, 0.4) is 0 Å². The molecule has 0 spiro atoms. The van der Waals surface area contributed by atoms with Crippen molar-refractivity contribution in [2.24, 2.45) is 0 Å². The van der Waals surface area contributed by atoms with Crippen LogP contribution < -0.4 is 10.1 Å². The topological polar surface area (TPSA) is 75.6 Å². The second kappa shape index (κ2) is 8.14. The van der Waals surface area contributed by atoms with Crippen molar-refractivity contribution in [3.8, 4) is 5.75 Å². The lowest BCUT2D eigenvalue weighted by Gasteiger charge is -2.14. The van der Waals surface area contributed by atoms with E-state index < -0.39 is 30.3 Å². The number of carbonyl (C=O) groups excluding carboxylic acids is 1. The van der Waals surface area contributed by atoms with Gasteiger partial charge in [0.05, 0.1) is 0 Å². The maximum absolute atomic E-state index is 13.2. The molecular formula is C14H18FNO4. The van der Waals surface area contributed by atoms with Crippen LogP contribution in [0.1, 0.15) is 26.2 Å². The van der Waals surface area contributed by atoms with Crippen LogP contribution in [-0.2, 0) is 9.59 Å². The van der Waals surface area contributed by atoms with E-state index in [1.165, 1.54) is 18.2 Å². The van der Waals surface area contributed by atoms with Gasteiger partial charge in [0.15, 0.2) is 18.2 Å². The van der Waals surface area contributed by atoms with Crippen LogP contribution in [0.4, 0.5) is 4.39 Å². The number of para-hydroxylation sites is 1. The van der Waals surface area contributed by atoms with E-state index in [9.17, 15) is 14.0 Å². The molecule has 6 heteroatoms. The zero-order valence-corrected chi connectivity index (χ0v) is 11.3. The highest BCUT2D eigenvalue weighted by atomic mass is 19.1. The number of nitrogens with one attached hydrogen (secondary N) is 1. The van der Waals surface area contributed by atoms with Crippen LogP contribution in [0, 0.1) is 5.82 Å². The van der Waals surface area contributed by atoms with Gasteiger partial charge in [0.2, 0.25) is 0 Å². The van der Waals surface area contributed by atoms with E-state index in [0.717, 1.165) is 6.42 Å². The molecule has 0 aliphatic carbocycles. The Hall–Kier alpha value is -2.11. The van der Waals surface area contributed by atoms with Crippen molar-refractivity contribution in [2.45, 2.75) is 32.2 Å². The van der Waals surface area contributed by atoms with Gasteiger partial charge in [0, 0.05) is 0 Å². The summed E-state index contributed by atoms with van der Waals surface area (Å²) in [7, 11) is 0. The highest BCUT2D eigenvalue weighted by Crippen LogP contribution is 2.14. The molecule has 0 radical (unpaired) electrons. The van der Waals surface area contributed by atoms with Crippen molar-refractivity contribution in [3.05, 3.63) is 30.1 Å². The summed E-state index contributed by atoms with van der Waals surface area (Å²) >= 11 is 0. The average Bonchev–Trinajstić information content (AvgIpc) is 2.42. The third-order valence-electron chi connectivity index (χ3n) is 2.68. The molecule has 1 atom stereocenters. The first-order valence-corrected chi connectivity index (χ1v) is 6.44. The number of rotatable bonds is 8. The van der Waals surface area contributed by atoms with E-state index in [4.69, 9.17) is 9.84 Å². The molecule has 0 unspecified atom stereocenters. The number of ether oxygens (including phenoxy) is 1. The Bertz CT molecular complexity index is 464. The monoisotopic (exact) mass is 283 g/mol. The van der Waals surface area contributed by atoms with Gasteiger partial charge in [-0.15, -0.1) is 0 Å². The third kappa shape index (κ3) is 5.26. The number of carbonyl (C=O) groups is 2. The number of carboxylic acids is 1. The second-order valence-electron chi connectivity index (χ2n) is 4.32. The van der Waals surface area contributed by atoms with Crippen LogP contribution in [0.5, 0.6) is 5.75 Å². The van der Waals surface area contributed by atoms with Gasteiger partial charge < -0.3 is 15.2 Å². The fourth-order valence-corrected chi connectivity index (χ4v) is 1.61. The molecule has 0 aliphatic rings. The number of hydrogen-bond acceptors (Lipinski definition) is 3. The summed E-state index contributed by atoms with van der Waals surface area (Å²) < 4.78 is 18.3. The smallest absolute Gasteiger partial charge is 0.326 e. The Balaban J connectivity index is 2.46. The van der Waals surface area contributed by atoms with Crippen molar-refractivity contribution in [1.82, 2.24) is 5.32 Å². The van der Waals surface area contributed by atoms with Crippen molar-refractivity contribution in [2.75, 3.05) is 6.61 Å². The lowest BCUT2D eigenvalue weighted by atomic mass is 10.1. The number of unbranched alkanes of at least 4 members (excludes halogenated alkanes) is 1.